The van der Waals surface area contributed by atoms with E-state index in [2.05, 4.69) is 31.1 Å². The van der Waals surface area contributed by atoms with E-state index < -0.39 is 10.0 Å². The van der Waals surface area contributed by atoms with Crippen LogP contribution in [0.2, 0.25) is 0 Å². The van der Waals surface area contributed by atoms with E-state index in [1.807, 2.05) is 0 Å². The molecular weight excluding hydrogens is 348 g/mol. The zero-order valence-corrected chi connectivity index (χ0v) is 13.5. The lowest BCUT2D eigenvalue weighted by atomic mass is 10.4. The number of sulfonamides is 1. The van der Waals surface area contributed by atoms with E-state index in [4.69, 9.17) is 4.42 Å². The maximum absolute atomic E-state index is 12.2. The molecule has 0 atom stereocenters. The van der Waals surface area contributed by atoms with E-state index in [0.717, 1.165) is 5.69 Å². The fourth-order valence-electron chi connectivity index (χ4n) is 1.66. The Balaban J connectivity index is 2.16. The van der Waals surface area contributed by atoms with Crippen molar-refractivity contribution >= 4 is 26.0 Å². The average molecular weight is 363 g/mol. The monoisotopic (exact) mass is 362 g/mol. The predicted octanol–water partition coefficient (Wildman–Crippen LogP) is 0.973. The highest BCUT2D eigenvalue weighted by Crippen LogP contribution is 2.26. The molecule has 0 fully saturated rings. The van der Waals surface area contributed by atoms with Gasteiger partial charge in [-0.3, -0.25) is 4.68 Å². The van der Waals surface area contributed by atoms with Crippen LogP contribution in [0.1, 0.15) is 11.5 Å². The van der Waals surface area contributed by atoms with Gasteiger partial charge >= 0.3 is 0 Å². The molecule has 2 N–H and O–H groups in total. The average Bonchev–Trinajstić information content (AvgIpc) is 2.94. The topological polar surface area (TPSA) is 89.2 Å². The van der Waals surface area contributed by atoms with Gasteiger partial charge in [0.2, 0.25) is 10.0 Å². The molecule has 0 spiro atoms. The Hall–Kier alpha value is -1.16. The normalized spacial score (nSPS) is 11.9. The lowest BCUT2D eigenvalue weighted by Gasteiger charge is -2.05. The molecule has 9 heteroatoms. The fraction of sp³-hybridized carbons (Fsp3) is 0.364. The van der Waals surface area contributed by atoms with Gasteiger partial charge in [-0.15, -0.1) is 0 Å². The molecule has 7 nitrogen and oxygen atoms in total. The Morgan fingerprint density at radius 1 is 1.45 bits per heavy atom. The van der Waals surface area contributed by atoms with Crippen molar-refractivity contribution in [2.75, 3.05) is 7.05 Å². The van der Waals surface area contributed by atoms with E-state index in [1.54, 1.807) is 31.0 Å². The molecule has 2 aromatic rings. The van der Waals surface area contributed by atoms with Crippen molar-refractivity contribution in [2.24, 2.45) is 7.05 Å². The highest BCUT2D eigenvalue weighted by molar-refractivity contribution is 9.10. The molecule has 0 unspecified atom stereocenters. The van der Waals surface area contributed by atoms with E-state index in [-0.39, 0.29) is 16.1 Å². The Labute approximate surface area is 125 Å². The molecule has 0 aliphatic heterocycles. The lowest BCUT2D eigenvalue weighted by molar-refractivity contribution is 0.470. The number of hydrogen-bond donors (Lipinski definition) is 2. The minimum atomic E-state index is -3.64. The van der Waals surface area contributed by atoms with Crippen molar-refractivity contribution in [1.82, 2.24) is 19.8 Å². The van der Waals surface area contributed by atoms with Crippen LogP contribution in [0, 0.1) is 0 Å². The molecule has 0 saturated heterocycles. The van der Waals surface area contributed by atoms with Gasteiger partial charge in [0.1, 0.15) is 10.7 Å². The second-order valence-corrected chi connectivity index (χ2v) is 6.61. The second kappa shape index (κ2) is 6.08. The lowest BCUT2D eigenvalue weighted by Crippen LogP contribution is -2.24. The van der Waals surface area contributed by atoms with Crippen molar-refractivity contribution in [3.8, 4) is 0 Å². The molecule has 0 aliphatic carbocycles. The number of aromatic nitrogens is 2. The summed E-state index contributed by atoms with van der Waals surface area (Å²) >= 11 is 3.12. The van der Waals surface area contributed by atoms with E-state index >= 15 is 0 Å². The Morgan fingerprint density at radius 2 is 2.20 bits per heavy atom. The third kappa shape index (κ3) is 3.29. The van der Waals surface area contributed by atoms with Crippen molar-refractivity contribution in [1.29, 1.82) is 0 Å². The van der Waals surface area contributed by atoms with Crippen molar-refractivity contribution in [2.45, 2.75) is 18.0 Å². The molecule has 0 bridgehead atoms. The van der Waals surface area contributed by atoms with Gasteiger partial charge in [-0.2, -0.15) is 5.10 Å². The first-order chi connectivity index (χ1) is 9.44. The zero-order valence-electron chi connectivity index (χ0n) is 11.1. The van der Waals surface area contributed by atoms with Crippen molar-refractivity contribution < 1.29 is 12.8 Å². The van der Waals surface area contributed by atoms with Crippen LogP contribution < -0.4 is 10.0 Å². The Kier molecular flexibility index (Phi) is 4.63. The summed E-state index contributed by atoms with van der Waals surface area (Å²) in [6, 6.07) is 3.24. The Bertz CT molecular complexity index is 692. The number of hydrogen-bond acceptors (Lipinski definition) is 5. The minimum absolute atomic E-state index is 0.0879. The third-order valence-electron chi connectivity index (χ3n) is 2.71. The van der Waals surface area contributed by atoms with Gasteiger partial charge in [-0.25, -0.2) is 13.1 Å². The first-order valence-corrected chi connectivity index (χ1v) is 8.11. The van der Waals surface area contributed by atoms with Gasteiger partial charge in [0.25, 0.3) is 0 Å². The van der Waals surface area contributed by atoms with Crippen LogP contribution in [0.5, 0.6) is 0 Å². The van der Waals surface area contributed by atoms with E-state index in [9.17, 15) is 8.42 Å². The molecule has 0 aliphatic rings. The quantitative estimate of drug-likeness (QED) is 0.799. The summed E-state index contributed by atoms with van der Waals surface area (Å²) < 4.78 is 34.1. The smallest absolute Gasteiger partial charge is 0.245 e. The molecule has 2 heterocycles. The summed E-state index contributed by atoms with van der Waals surface area (Å²) in [4.78, 5) is 0.0879. The number of halogens is 1. The molecule has 20 heavy (non-hydrogen) atoms. The van der Waals surface area contributed by atoms with Crippen LogP contribution >= 0.6 is 15.9 Å². The van der Waals surface area contributed by atoms with E-state index in [0.29, 0.717) is 12.3 Å². The Morgan fingerprint density at radius 3 is 2.80 bits per heavy atom. The van der Waals surface area contributed by atoms with Gasteiger partial charge < -0.3 is 9.73 Å². The van der Waals surface area contributed by atoms with Crippen molar-refractivity contribution in [3.63, 3.8) is 0 Å². The van der Waals surface area contributed by atoms with Crippen molar-refractivity contribution in [3.05, 3.63) is 34.5 Å². The summed E-state index contributed by atoms with van der Waals surface area (Å²) in [6.07, 6.45) is 1.61. The first kappa shape index (κ1) is 15.2. The number of nitrogens with zero attached hydrogens (tertiary/aromatic N) is 2. The summed E-state index contributed by atoms with van der Waals surface area (Å²) in [6.45, 7) is 0.619. The first-order valence-electron chi connectivity index (χ1n) is 5.83. The van der Waals surface area contributed by atoms with Gasteiger partial charge in [0.05, 0.1) is 18.8 Å². The summed E-state index contributed by atoms with van der Waals surface area (Å²) in [5.74, 6) is 0.542. The predicted molar refractivity (Wildman–Crippen MR) is 76.4 cm³/mol. The highest BCUT2D eigenvalue weighted by atomic mass is 79.9. The van der Waals surface area contributed by atoms with Crippen LogP contribution in [-0.4, -0.2) is 25.2 Å². The van der Waals surface area contributed by atoms with E-state index in [1.165, 1.54) is 6.07 Å². The SMILES string of the molecule is CNCc1cc(S(=O)(=O)NCc2ccnn2C)c(Br)o1. The molecule has 110 valence electrons. The fourth-order valence-corrected chi connectivity index (χ4v) is 3.66. The summed E-state index contributed by atoms with van der Waals surface area (Å²) in [7, 11) is -0.133. The number of aryl methyl sites for hydroxylation is 1. The van der Waals surface area contributed by atoms with Crippen LogP contribution in [0.15, 0.2) is 32.3 Å². The number of furan rings is 1. The standard InChI is InChI=1S/C11H15BrN4O3S/c1-13-7-9-5-10(11(12)19-9)20(17,18)15-6-8-3-4-14-16(8)2/h3-5,13,15H,6-7H2,1-2H3. The number of nitrogens with one attached hydrogen (secondary N) is 2. The maximum atomic E-state index is 12.2. The van der Waals surface area contributed by atoms with Crippen LogP contribution in [-0.2, 0) is 30.2 Å². The second-order valence-electron chi connectivity index (χ2n) is 4.15. The van der Waals surface area contributed by atoms with Gasteiger partial charge in [0.15, 0.2) is 4.67 Å². The molecule has 2 aromatic heterocycles. The van der Waals surface area contributed by atoms with Crippen LogP contribution in [0.4, 0.5) is 0 Å². The van der Waals surface area contributed by atoms with Gasteiger partial charge in [0, 0.05) is 19.3 Å². The van der Waals surface area contributed by atoms with Gasteiger partial charge in [-0.1, -0.05) is 0 Å². The molecule has 0 aromatic carbocycles. The summed E-state index contributed by atoms with van der Waals surface area (Å²) in [5.41, 5.74) is 0.767. The number of rotatable bonds is 6. The minimum Gasteiger partial charge on any atom is -0.452 e. The largest absolute Gasteiger partial charge is 0.452 e. The zero-order chi connectivity index (χ0) is 14.8. The highest BCUT2D eigenvalue weighted by Gasteiger charge is 2.22. The molecular formula is C11H15BrN4O3S. The molecule has 0 amide bonds. The molecule has 2 rings (SSSR count). The van der Waals surface area contributed by atoms with Gasteiger partial charge in [-0.05, 0) is 29.0 Å². The molecule has 0 radical (unpaired) electrons. The molecule has 0 saturated carbocycles. The van der Waals surface area contributed by atoms with Crippen LogP contribution in [0.3, 0.4) is 0 Å². The maximum Gasteiger partial charge on any atom is 0.245 e. The van der Waals surface area contributed by atoms with Crippen LogP contribution in [0.25, 0.3) is 0 Å². The third-order valence-corrected chi connectivity index (χ3v) is 4.97. The summed E-state index contributed by atoms with van der Waals surface area (Å²) in [5, 5.41) is 6.88.